The Bertz CT molecular complexity index is 754. The molecule has 2 nitrogen and oxygen atoms in total. The molecule has 0 aromatic heterocycles. The van der Waals surface area contributed by atoms with Crippen molar-refractivity contribution in [2.24, 2.45) is 4.99 Å². The highest BCUT2D eigenvalue weighted by Gasteiger charge is 2.22. The number of hydrogen-bond donors (Lipinski definition) is 1. The first-order valence-electron chi connectivity index (χ1n) is 6.15. The molecule has 0 fully saturated rings. The van der Waals surface area contributed by atoms with E-state index in [-0.39, 0.29) is 17.8 Å². The fraction of sp³-hybridized carbons (Fsp3) is 0.0667. The number of aliphatic imine (C=N–C) groups is 1. The zero-order chi connectivity index (χ0) is 15.0. The number of nitrogens with one attached hydrogen (secondary N) is 1. The zero-order valence-electron chi connectivity index (χ0n) is 10.7. The Balaban J connectivity index is 2.28. The van der Waals surface area contributed by atoms with Crippen molar-refractivity contribution in [1.29, 1.82) is 0 Å². The van der Waals surface area contributed by atoms with E-state index in [2.05, 4.69) is 32.9 Å². The van der Waals surface area contributed by atoms with Crippen LogP contribution >= 0.6 is 34.8 Å². The van der Waals surface area contributed by atoms with E-state index in [4.69, 9.17) is 12.2 Å². The van der Waals surface area contributed by atoms with Crippen LogP contribution in [0.15, 0.2) is 41.4 Å². The van der Waals surface area contributed by atoms with Gasteiger partial charge in [-0.1, -0.05) is 18.3 Å². The number of benzodiazepines with no additional fused rings is 1. The van der Waals surface area contributed by atoms with Gasteiger partial charge in [0.05, 0.1) is 17.8 Å². The number of nitrogens with zero attached hydrogens (tertiary/aromatic N) is 1. The predicted octanol–water partition coefficient (Wildman–Crippen LogP) is 4.16. The number of fused-ring (bicyclic) bond motifs is 1. The number of thiocarbonyl (C=S) groups is 1. The fourth-order valence-electron chi connectivity index (χ4n) is 2.18. The van der Waals surface area contributed by atoms with Crippen molar-refractivity contribution in [2.75, 3.05) is 11.9 Å². The molecule has 1 aliphatic rings. The quantitative estimate of drug-likeness (QED) is 0.560. The summed E-state index contributed by atoms with van der Waals surface area (Å²) in [6.45, 7) is 0.198. The topological polar surface area (TPSA) is 24.4 Å². The number of halogens is 3. The van der Waals surface area contributed by atoms with Crippen LogP contribution in [-0.2, 0) is 0 Å². The van der Waals surface area contributed by atoms with Crippen molar-refractivity contribution in [3.8, 4) is 0 Å². The molecule has 0 unspecified atom stereocenters. The van der Waals surface area contributed by atoms with Gasteiger partial charge in [0.2, 0.25) is 0 Å². The number of hydrogen-bond acceptors (Lipinski definition) is 2. The van der Waals surface area contributed by atoms with Crippen LogP contribution in [-0.4, -0.2) is 17.2 Å². The average molecular weight is 414 g/mol. The average Bonchev–Trinajstić information content (AvgIpc) is 2.58. The summed E-state index contributed by atoms with van der Waals surface area (Å²) in [5.41, 5.74) is 1.52. The Morgan fingerprint density at radius 2 is 1.86 bits per heavy atom. The molecule has 0 saturated carbocycles. The van der Waals surface area contributed by atoms with Crippen molar-refractivity contribution in [3.05, 3.63) is 62.7 Å². The van der Waals surface area contributed by atoms with Crippen LogP contribution in [0.3, 0.4) is 0 Å². The second-order valence-corrected chi connectivity index (χ2v) is 6.24. The lowest BCUT2D eigenvalue weighted by atomic mass is 9.99. The molecule has 0 radical (unpaired) electrons. The van der Waals surface area contributed by atoms with Gasteiger partial charge in [0.15, 0.2) is 0 Å². The Labute approximate surface area is 139 Å². The maximum atomic E-state index is 14.1. The fourth-order valence-corrected chi connectivity index (χ4v) is 2.85. The summed E-state index contributed by atoms with van der Waals surface area (Å²) in [5, 5.41) is 3.06. The SMILES string of the molecule is Fc1cccc(F)c1C1=NCC(=S)Nc2ccc(I)cc21. The molecule has 3 rings (SSSR count). The highest BCUT2D eigenvalue weighted by atomic mass is 127. The maximum Gasteiger partial charge on any atom is 0.135 e. The lowest BCUT2D eigenvalue weighted by Crippen LogP contribution is -2.11. The van der Waals surface area contributed by atoms with E-state index in [1.54, 1.807) is 0 Å². The number of benzene rings is 2. The molecule has 6 heteroatoms. The lowest BCUT2D eigenvalue weighted by molar-refractivity contribution is 0.579. The summed E-state index contributed by atoms with van der Waals surface area (Å²) in [7, 11) is 0. The summed E-state index contributed by atoms with van der Waals surface area (Å²) in [6.07, 6.45) is 0. The summed E-state index contributed by atoms with van der Waals surface area (Å²) in [6, 6.07) is 9.36. The van der Waals surface area contributed by atoms with Crippen LogP contribution in [0, 0.1) is 15.2 Å². The molecule has 0 bridgehead atoms. The second-order valence-electron chi connectivity index (χ2n) is 4.50. The van der Waals surface area contributed by atoms with Crippen LogP contribution in [0.25, 0.3) is 0 Å². The minimum absolute atomic E-state index is 0.118. The first-order valence-corrected chi connectivity index (χ1v) is 7.63. The third-order valence-electron chi connectivity index (χ3n) is 3.09. The molecule has 1 heterocycles. The van der Waals surface area contributed by atoms with Crippen molar-refractivity contribution in [3.63, 3.8) is 0 Å². The van der Waals surface area contributed by atoms with E-state index in [0.717, 1.165) is 3.57 Å². The Morgan fingerprint density at radius 3 is 2.57 bits per heavy atom. The number of rotatable bonds is 1. The van der Waals surface area contributed by atoms with Crippen molar-refractivity contribution < 1.29 is 8.78 Å². The lowest BCUT2D eigenvalue weighted by Gasteiger charge is -2.12. The minimum Gasteiger partial charge on any atom is -0.348 e. The molecule has 106 valence electrons. The third kappa shape index (κ3) is 2.82. The zero-order valence-corrected chi connectivity index (χ0v) is 13.6. The van der Waals surface area contributed by atoms with Gasteiger partial charge < -0.3 is 5.32 Å². The van der Waals surface area contributed by atoms with Gasteiger partial charge in [0.25, 0.3) is 0 Å². The predicted molar refractivity (Wildman–Crippen MR) is 92.2 cm³/mol. The highest BCUT2D eigenvalue weighted by molar-refractivity contribution is 14.1. The van der Waals surface area contributed by atoms with Crippen LogP contribution in [0.5, 0.6) is 0 Å². The summed E-state index contributed by atoms with van der Waals surface area (Å²) >= 11 is 7.31. The first-order chi connectivity index (χ1) is 10.1. The van der Waals surface area contributed by atoms with Crippen LogP contribution < -0.4 is 5.32 Å². The van der Waals surface area contributed by atoms with Crippen molar-refractivity contribution >= 4 is 51.2 Å². The van der Waals surface area contributed by atoms with E-state index in [1.807, 2.05) is 18.2 Å². The van der Waals surface area contributed by atoms with Gasteiger partial charge in [-0.25, -0.2) is 8.78 Å². The minimum atomic E-state index is -0.633. The van der Waals surface area contributed by atoms with E-state index >= 15 is 0 Å². The molecule has 0 aliphatic carbocycles. The molecule has 0 atom stereocenters. The Morgan fingerprint density at radius 1 is 1.14 bits per heavy atom. The molecule has 2 aromatic carbocycles. The molecule has 0 saturated heterocycles. The second kappa shape index (κ2) is 5.76. The smallest absolute Gasteiger partial charge is 0.135 e. The van der Waals surface area contributed by atoms with Crippen LogP contribution in [0.1, 0.15) is 11.1 Å². The maximum absolute atomic E-state index is 14.1. The molecule has 0 amide bonds. The monoisotopic (exact) mass is 414 g/mol. The van der Waals surface area contributed by atoms with Gasteiger partial charge in [0.1, 0.15) is 16.6 Å². The van der Waals surface area contributed by atoms with Gasteiger partial charge in [-0.05, 0) is 52.9 Å². The molecular weight excluding hydrogens is 405 g/mol. The number of anilines is 1. The van der Waals surface area contributed by atoms with Crippen molar-refractivity contribution in [1.82, 2.24) is 0 Å². The molecule has 0 spiro atoms. The molecule has 1 N–H and O–H groups in total. The largest absolute Gasteiger partial charge is 0.348 e. The van der Waals surface area contributed by atoms with E-state index < -0.39 is 11.6 Å². The van der Waals surface area contributed by atoms with Crippen molar-refractivity contribution in [2.45, 2.75) is 0 Å². The molecule has 2 aromatic rings. The van der Waals surface area contributed by atoms with Crippen LogP contribution in [0.2, 0.25) is 0 Å². The normalized spacial score (nSPS) is 14.0. The summed E-state index contributed by atoms with van der Waals surface area (Å²) in [4.78, 5) is 4.83. The van der Waals surface area contributed by atoms with Gasteiger partial charge in [0, 0.05) is 14.8 Å². The summed E-state index contributed by atoms with van der Waals surface area (Å²) < 4.78 is 29.1. The van der Waals surface area contributed by atoms with Gasteiger partial charge in [-0.3, -0.25) is 4.99 Å². The van der Waals surface area contributed by atoms with Gasteiger partial charge >= 0.3 is 0 Å². The van der Waals surface area contributed by atoms with Gasteiger partial charge in [-0.2, -0.15) is 0 Å². The van der Waals surface area contributed by atoms with E-state index in [1.165, 1.54) is 18.2 Å². The molecule has 21 heavy (non-hydrogen) atoms. The standard InChI is InChI=1S/C15H9F2IN2S/c16-10-2-1-3-11(17)14(10)15-9-6-8(18)4-5-12(9)20-13(21)7-19-15/h1-6H,7H2,(H,20,21). The highest BCUT2D eigenvalue weighted by Crippen LogP contribution is 2.27. The molecular formula is C15H9F2IN2S. The van der Waals surface area contributed by atoms with Crippen LogP contribution in [0.4, 0.5) is 14.5 Å². The first kappa shape index (κ1) is 14.5. The Kier molecular flexibility index (Phi) is 3.99. The third-order valence-corrected chi connectivity index (χ3v) is 3.99. The van der Waals surface area contributed by atoms with E-state index in [9.17, 15) is 8.78 Å². The summed E-state index contributed by atoms with van der Waals surface area (Å²) in [5.74, 6) is -1.27. The van der Waals surface area contributed by atoms with Gasteiger partial charge in [-0.15, -0.1) is 0 Å². The molecule has 1 aliphatic heterocycles. The van der Waals surface area contributed by atoms with E-state index in [0.29, 0.717) is 16.2 Å². The Hall–Kier alpha value is -1.41.